The highest BCUT2D eigenvalue weighted by atomic mass is 127. The van der Waals surface area contributed by atoms with Gasteiger partial charge in [0.15, 0.2) is 5.96 Å². The molecule has 3 N–H and O–H groups in total. The molecule has 1 unspecified atom stereocenters. The minimum atomic E-state index is -3.51. The van der Waals surface area contributed by atoms with E-state index in [1.54, 1.807) is 19.2 Å². The number of nitrogens with one attached hydrogen (secondary N) is 3. The summed E-state index contributed by atoms with van der Waals surface area (Å²) in [4.78, 5) is 4.60. The van der Waals surface area contributed by atoms with E-state index in [1.165, 1.54) is 32.1 Å². The summed E-state index contributed by atoms with van der Waals surface area (Å²) >= 11 is 0. The van der Waals surface area contributed by atoms with E-state index in [9.17, 15) is 8.42 Å². The fourth-order valence-electron chi connectivity index (χ4n) is 4.34. The van der Waals surface area contributed by atoms with Crippen LogP contribution >= 0.6 is 24.0 Å². The van der Waals surface area contributed by atoms with Crippen LogP contribution < -0.4 is 15.4 Å². The van der Waals surface area contributed by atoms with E-state index >= 15 is 0 Å². The fraction of sp³-hybridized carbons (Fsp3) is 0.682. The van der Waals surface area contributed by atoms with Crippen LogP contribution in [0.4, 0.5) is 0 Å². The second-order valence-electron chi connectivity index (χ2n) is 8.47. The Balaban J connectivity index is 0.00000341. The van der Waals surface area contributed by atoms with E-state index in [2.05, 4.69) is 27.3 Å². The normalized spacial score (nSPS) is 21.0. The number of halogens is 1. The average Bonchev–Trinajstić information content (AvgIpc) is 3.45. The lowest BCUT2D eigenvalue weighted by molar-refractivity contribution is 0.114. The van der Waals surface area contributed by atoms with Gasteiger partial charge in [0.25, 0.3) is 0 Å². The van der Waals surface area contributed by atoms with Crippen molar-refractivity contribution in [2.75, 3.05) is 26.7 Å². The molecule has 0 spiro atoms. The highest BCUT2D eigenvalue weighted by molar-refractivity contribution is 14.0. The second kappa shape index (κ2) is 12.4. The third kappa shape index (κ3) is 7.57. The zero-order valence-corrected chi connectivity index (χ0v) is 21.8. The second-order valence-corrected chi connectivity index (χ2v) is 10.2. The first-order valence-corrected chi connectivity index (χ1v) is 12.6. The van der Waals surface area contributed by atoms with Crippen molar-refractivity contribution in [2.24, 2.45) is 10.4 Å². The molecule has 1 aliphatic heterocycles. The van der Waals surface area contributed by atoms with Gasteiger partial charge < -0.3 is 15.4 Å². The van der Waals surface area contributed by atoms with Crippen LogP contribution in [0.1, 0.15) is 57.4 Å². The predicted octanol–water partition coefficient (Wildman–Crippen LogP) is 3.40. The molecule has 7 nitrogen and oxygen atoms in total. The molecule has 1 aromatic rings. The first-order valence-electron chi connectivity index (χ1n) is 11.1. The van der Waals surface area contributed by atoms with Crippen molar-refractivity contribution in [3.05, 3.63) is 29.8 Å². The van der Waals surface area contributed by atoms with Crippen LogP contribution in [0.3, 0.4) is 0 Å². The van der Waals surface area contributed by atoms with Crippen molar-refractivity contribution in [1.82, 2.24) is 15.4 Å². The van der Waals surface area contributed by atoms with Crippen LogP contribution in [0.5, 0.6) is 0 Å². The third-order valence-corrected chi connectivity index (χ3v) is 7.93. The third-order valence-electron chi connectivity index (χ3n) is 6.49. The van der Waals surface area contributed by atoms with Crippen molar-refractivity contribution in [3.8, 4) is 0 Å². The zero-order chi connectivity index (χ0) is 21.5. The highest BCUT2D eigenvalue weighted by Gasteiger charge is 2.31. The summed E-state index contributed by atoms with van der Waals surface area (Å²) in [6.45, 7) is 4.84. The number of rotatable bonds is 9. The van der Waals surface area contributed by atoms with Gasteiger partial charge in [-0.1, -0.05) is 31.9 Å². The van der Waals surface area contributed by atoms with Gasteiger partial charge in [-0.3, -0.25) is 4.99 Å². The molecule has 0 aromatic heterocycles. The first kappa shape index (κ1) is 26.3. The number of guanidine groups is 1. The zero-order valence-electron chi connectivity index (χ0n) is 18.7. The molecule has 0 amide bonds. The molecule has 0 radical (unpaired) electrons. The average molecular weight is 565 g/mol. The quantitative estimate of drug-likeness (QED) is 0.243. The Morgan fingerprint density at radius 1 is 1.16 bits per heavy atom. The van der Waals surface area contributed by atoms with Crippen molar-refractivity contribution in [1.29, 1.82) is 0 Å². The summed E-state index contributed by atoms with van der Waals surface area (Å²) in [7, 11) is -1.74. The van der Waals surface area contributed by atoms with Crippen molar-refractivity contribution >= 4 is 40.0 Å². The van der Waals surface area contributed by atoms with Gasteiger partial charge in [-0.15, -0.1) is 24.0 Å². The molecule has 1 heterocycles. The van der Waals surface area contributed by atoms with Crippen molar-refractivity contribution < 1.29 is 13.2 Å². The number of benzene rings is 1. The minimum Gasteiger partial charge on any atom is -0.377 e. The molecule has 3 rings (SSSR count). The van der Waals surface area contributed by atoms with Crippen LogP contribution in [-0.2, 0) is 21.3 Å². The van der Waals surface area contributed by atoms with Gasteiger partial charge in [0.1, 0.15) is 0 Å². The molecule has 31 heavy (non-hydrogen) atoms. The summed E-state index contributed by atoms with van der Waals surface area (Å²) < 4.78 is 33.1. The summed E-state index contributed by atoms with van der Waals surface area (Å²) in [6.07, 6.45) is 8.27. The van der Waals surface area contributed by atoms with Gasteiger partial charge in [-0.05, 0) is 55.2 Å². The molecule has 9 heteroatoms. The largest absolute Gasteiger partial charge is 0.377 e. The van der Waals surface area contributed by atoms with Crippen LogP contribution in [0.15, 0.2) is 34.2 Å². The smallest absolute Gasteiger partial charge is 0.240 e. The maximum atomic E-state index is 12.5. The highest BCUT2D eigenvalue weighted by Crippen LogP contribution is 2.40. The lowest BCUT2D eigenvalue weighted by Gasteiger charge is -2.28. The van der Waals surface area contributed by atoms with E-state index in [-0.39, 0.29) is 35.0 Å². The van der Waals surface area contributed by atoms with E-state index < -0.39 is 10.0 Å². The maximum Gasteiger partial charge on any atom is 0.240 e. The molecular formula is C22H37IN4O3S. The Hall–Kier alpha value is -0.910. The molecule has 1 saturated carbocycles. The molecule has 2 aliphatic rings. The van der Waals surface area contributed by atoms with Crippen LogP contribution in [-0.4, -0.2) is 47.2 Å². The standard InChI is InChI=1S/C22H36N4O3S.HI/c1-3-22(12-4-5-13-22)17-25-21(23-2)24-15-18-8-10-20(11-9-18)30(27,28)26-16-19-7-6-14-29-19;/h8-11,19,26H,3-7,12-17H2,1-2H3,(H2,23,24,25);1H. The van der Waals surface area contributed by atoms with Crippen molar-refractivity contribution in [3.63, 3.8) is 0 Å². The Morgan fingerprint density at radius 3 is 2.45 bits per heavy atom. The molecule has 1 atom stereocenters. The fourth-order valence-corrected chi connectivity index (χ4v) is 5.40. The van der Waals surface area contributed by atoms with Crippen LogP contribution in [0.2, 0.25) is 0 Å². The van der Waals surface area contributed by atoms with Crippen molar-refractivity contribution in [2.45, 2.75) is 69.4 Å². The van der Waals surface area contributed by atoms with Crippen LogP contribution in [0, 0.1) is 5.41 Å². The number of ether oxygens (including phenoxy) is 1. The number of hydrogen-bond acceptors (Lipinski definition) is 4. The number of nitrogens with zero attached hydrogens (tertiary/aromatic N) is 1. The van der Waals surface area contributed by atoms with E-state index in [4.69, 9.17) is 4.74 Å². The van der Waals surface area contributed by atoms with E-state index in [1.807, 2.05) is 12.1 Å². The predicted molar refractivity (Wildman–Crippen MR) is 135 cm³/mol. The van der Waals surface area contributed by atoms with Crippen LogP contribution in [0.25, 0.3) is 0 Å². The monoisotopic (exact) mass is 564 g/mol. The summed E-state index contributed by atoms with van der Waals surface area (Å²) in [5, 5.41) is 6.80. The Bertz CT molecular complexity index is 803. The van der Waals surface area contributed by atoms with Gasteiger partial charge in [0.2, 0.25) is 10.0 Å². The lowest BCUT2D eigenvalue weighted by Crippen LogP contribution is -2.42. The minimum absolute atomic E-state index is 0. The Kier molecular flexibility index (Phi) is 10.5. The molecule has 1 saturated heterocycles. The van der Waals surface area contributed by atoms with Gasteiger partial charge in [0, 0.05) is 33.3 Å². The molecular weight excluding hydrogens is 527 g/mol. The van der Waals surface area contributed by atoms with Gasteiger partial charge in [-0.25, -0.2) is 13.1 Å². The van der Waals surface area contributed by atoms with E-state index in [0.717, 1.165) is 30.9 Å². The molecule has 0 bridgehead atoms. The van der Waals surface area contributed by atoms with Gasteiger partial charge in [0.05, 0.1) is 11.0 Å². The van der Waals surface area contributed by atoms with Gasteiger partial charge >= 0.3 is 0 Å². The van der Waals surface area contributed by atoms with E-state index in [0.29, 0.717) is 25.1 Å². The maximum absolute atomic E-state index is 12.5. The SMILES string of the molecule is CCC1(CNC(=NC)NCc2ccc(S(=O)(=O)NCC3CCCO3)cc2)CCCC1.I. The Labute approximate surface area is 204 Å². The Morgan fingerprint density at radius 2 is 1.87 bits per heavy atom. The molecule has 176 valence electrons. The molecule has 2 fully saturated rings. The van der Waals surface area contributed by atoms with Gasteiger partial charge in [-0.2, -0.15) is 0 Å². The lowest BCUT2D eigenvalue weighted by atomic mass is 9.83. The number of hydrogen-bond donors (Lipinski definition) is 3. The first-order chi connectivity index (χ1) is 14.5. The topological polar surface area (TPSA) is 91.8 Å². The number of sulfonamides is 1. The number of aliphatic imine (C=N–C) groups is 1. The summed E-state index contributed by atoms with van der Waals surface area (Å²) in [6, 6.07) is 6.97. The summed E-state index contributed by atoms with van der Waals surface area (Å²) in [5.41, 5.74) is 1.39. The summed E-state index contributed by atoms with van der Waals surface area (Å²) in [5.74, 6) is 0.782. The molecule has 1 aromatic carbocycles. The molecule has 1 aliphatic carbocycles.